The first-order valence-corrected chi connectivity index (χ1v) is 6.51. The molecule has 0 spiro atoms. The van der Waals surface area contributed by atoms with Crippen molar-refractivity contribution in [1.82, 2.24) is 4.72 Å². The summed E-state index contributed by atoms with van der Waals surface area (Å²) < 4.78 is 24.6. The highest BCUT2D eigenvalue weighted by atomic mass is 35.5. The molecule has 1 atom stereocenters. The lowest BCUT2D eigenvalue weighted by Gasteiger charge is -2.15. The molecule has 84 valence electrons. The van der Waals surface area contributed by atoms with Crippen LogP contribution in [0.2, 0.25) is 0 Å². The zero-order valence-corrected chi connectivity index (χ0v) is 10.2. The Morgan fingerprint density at radius 2 is 1.93 bits per heavy atom. The summed E-state index contributed by atoms with van der Waals surface area (Å²) in [5.41, 5.74) is 0. The highest BCUT2D eigenvalue weighted by Gasteiger charge is 2.22. The van der Waals surface area contributed by atoms with Crippen molar-refractivity contribution in [2.45, 2.75) is 33.2 Å². The van der Waals surface area contributed by atoms with E-state index in [9.17, 15) is 13.2 Å². The second kappa shape index (κ2) is 5.68. The Kier molecular flexibility index (Phi) is 5.63. The predicted molar refractivity (Wildman–Crippen MR) is 56.7 cm³/mol. The molecule has 6 heteroatoms. The van der Waals surface area contributed by atoms with Gasteiger partial charge in [-0.25, -0.2) is 13.1 Å². The summed E-state index contributed by atoms with van der Waals surface area (Å²) in [5, 5.41) is -0.657. The van der Waals surface area contributed by atoms with E-state index in [0.29, 0.717) is 6.42 Å². The summed E-state index contributed by atoms with van der Waals surface area (Å²) in [5.74, 6) is 0.161. The lowest BCUT2D eigenvalue weighted by Crippen LogP contribution is -2.40. The largest absolute Gasteiger partial charge is 0.279 e. The van der Waals surface area contributed by atoms with Crippen LogP contribution in [-0.4, -0.2) is 25.5 Å². The van der Waals surface area contributed by atoms with Gasteiger partial charge in [-0.05, 0) is 30.9 Å². The molecule has 0 saturated carbocycles. The summed E-state index contributed by atoms with van der Waals surface area (Å²) in [4.78, 5) is 10.9. The van der Waals surface area contributed by atoms with Gasteiger partial charge >= 0.3 is 0 Å². The van der Waals surface area contributed by atoms with Crippen LogP contribution in [0.5, 0.6) is 0 Å². The molecule has 0 aliphatic carbocycles. The molecule has 0 amide bonds. The zero-order valence-electron chi connectivity index (χ0n) is 8.58. The van der Waals surface area contributed by atoms with Crippen LogP contribution >= 0.6 is 11.6 Å². The second-order valence-corrected chi connectivity index (χ2v) is 5.92. The summed E-state index contributed by atoms with van der Waals surface area (Å²) in [6.45, 7) is 5.30. The molecular formula is C8H16ClNO3S. The first-order chi connectivity index (χ1) is 6.28. The van der Waals surface area contributed by atoms with Gasteiger partial charge < -0.3 is 0 Å². The van der Waals surface area contributed by atoms with Crippen molar-refractivity contribution in [2.75, 3.05) is 5.75 Å². The first-order valence-electron chi connectivity index (χ1n) is 4.47. The number of carbonyl (C=O) groups excluding carboxylic acids is 1. The molecule has 0 aliphatic rings. The molecule has 14 heavy (non-hydrogen) atoms. The molecule has 0 bridgehead atoms. The maximum absolute atomic E-state index is 11.2. The average Bonchev–Trinajstić information content (AvgIpc) is 2.02. The number of hydrogen-bond acceptors (Lipinski definition) is 3. The molecule has 4 nitrogen and oxygen atoms in total. The number of hydrogen-bond donors (Lipinski definition) is 1. The van der Waals surface area contributed by atoms with Crippen molar-refractivity contribution >= 4 is 26.9 Å². The van der Waals surface area contributed by atoms with E-state index in [4.69, 9.17) is 11.6 Å². The van der Waals surface area contributed by atoms with E-state index in [-0.39, 0.29) is 11.7 Å². The third-order valence-electron chi connectivity index (χ3n) is 1.68. The Balaban J connectivity index is 4.46. The van der Waals surface area contributed by atoms with Gasteiger partial charge in [0, 0.05) is 0 Å². The molecule has 0 fully saturated rings. The van der Waals surface area contributed by atoms with Crippen LogP contribution in [0.25, 0.3) is 0 Å². The Labute approximate surface area is 90.1 Å². The second-order valence-electron chi connectivity index (χ2n) is 3.51. The molecule has 0 aromatic heterocycles. The molecule has 0 aromatic carbocycles. The van der Waals surface area contributed by atoms with Crippen molar-refractivity contribution in [3.05, 3.63) is 0 Å². The number of sulfonamides is 1. The summed E-state index contributed by atoms with van der Waals surface area (Å²) in [7, 11) is -3.36. The minimum absolute atomic E-state index is 0.0498. The monoisotopic (exact) mass is 241 g/mol. The highest BCUT2D eigenvalue weighted by Crippen LogP contribution is 2.08. The minimum Gasteiger partial charge on any atom is -0.279 e. The lowest BCUT2D eigenvalue weighted by molar-refractivity contribution is -0.113. The van der Waals surface area contributed by atoms with Gasteiger partial charge in [-0.3, -0.25) is 4.79 Å². The van der Waals surface area contributed by atoms with E-state index in [1.807, 2.05) is 13.8 Å². The van der Waals surface area contributed by atoms with Crippen LogP contribution in [0.4, 0.5) is 0 Å². The Morgan fingerprint density at radius 3 is 2.21 bits per heavy atom. The molecule has 0 saturated heterocycles. The first kappa shape index (κ1) is 13.9. The van der Waals surface area contributed by atoms with Gasteiger partial charge in [0.2, 0.25) is 15.3 Å². The number of carbonyl (C=O) groups is 1. The summed E-state index contributed by atoms with van der Waals surface area (Å²) >= 11 is 5.29. The van der Waals surface area contributed by atoms with Gasteiger partial charge in [0.05, 0.1) is 11.8 Å². The quantitative estimate of drug-likeness (QED) is 0.709. The van der Waals surface area contributed by atoms with E-state index >= 15 is 0 Å². The Bertz CT molecular complexity index is 287. The third-order valence-corrected chi connectivity index (χ3v) is 3.35. The van der Waals surface area contributed by atoms with Crippen molar-refractivity contribution in [1.29, 1.82) is 0 Å². The maximum Gasteiger partial charge on any atom is 0.239 e. The van der Waals surface area contributed by atoms with E-state index in [1.54, 1.807) is 0 Å². The predicted octanol–water partition coefficient (Wildman–Crippen LogP) is 1.11. The fourth-order valence-corrected chi connectivity index (χ4v) is 1.97. The normalized spacial score (nSPS) is 14.4. The molecule has 0 heterocycles. The lowest BCUT2D eigenvalue weighted by atomic mass is 10.1. The zero-order chi connectivity index (χ0) is 11.4. The summed E-state index contributed by atoms with van der Waals surface area (Å²) in [6, 6.07) is -0.804. The average molecular weight is 242 g/mol. The molecule has 0 radical (unpaired) electrons. The topological polar surface area (TPSA) is 63.2 Å². The van der Waals surface area contributed by atoms with Gasteiger partial charge in [0.15, 0.2) is 0 Å². The van der Waals surface area contributed by atoms with Crippen LogP contribution in [0, 0.1) is 5.92 Å². The molecule has 1 N–H and O–H groups in total. The van der Waals surface area contributed by atoms with Gasteiger partial charge in [-0.2, -0.15) is 0 Å². The number of nitrogens with one attached hydrogen (secondary N) is 1. The molecular weight excluding hydrogens is 226 g/mol. The van der Waals surface area contributed by atoms with Gasteiger partial charge in [-0.1, -0.05) is 13.8 Å². The van der Waals surface area contributed by atoms with Crippen LogP contribution in [0.3, 0.4) is 0 Å². The van der Waals surface area contributed by atoms with Crippen LogP contribution in [0.15, 0.2) is 0 Å². The van der Waals surface area contributed by atoms with Gasteiger partial charge in [0.25, 0.3) is 0 Å². The molecule has 0 aliphatic heterocycles. The Hall–Kier alpha value is -0.130. The van der Waals surface area contributed by atoms with E-state index in [1.165, 1.54) is 6.92 Å². The minimum atomic E-state index is -3.36. The molecule has 1 unspecified atom stereocenters. The van der Waals surface area contributed by atoms with E-state index < -0.39 is 21.3 Å². The number of halogens is 1. The molecule has 0 aromatic rings. The SMILES string of the molecule is CCS(=O)(=O)NC(CC(C)C)C(=O)Cl. The smallest absolute Gasteiger partial charge is 0.239 e. The van der Waals surface area contributed by atoms with Crippen molar-refractivity contribution in [3.8, 4) is 0 Å². The van der Waals surface area contributed by atoms with Crippen LogP contribution < -0.4 is 4.72 Å². The van der Waals surface area contributed by atoms with Crippen LogP contribution in [0.1, 0.15) is 27.2 Å². The Morgan fingerprint density at radius 1 is 1.43 bits per heavy atom. The van der Waals surface area contributed by atoms with Gasteiger partial charge in [0.1, 0.15) is 0 Å². The van der Waals surface area contributed by atoms with Crippen molar-refractivity contribution in [3.63, 3.8) is 0 Å². The standard InChI is InChI=1S/C8H16ClNO3S/c1-4-14(12,13)10-7(8(9)11)5-6(2)3/h6-7,10H,4-5H2,1-3H3. The summed E-state index contributed by atoms with van der Waals surface area (Å²) in [6.07, 6.45) is 0.418. The highest BCUT2D eigenvalue weighted by molar-refractivity contribution is 7.89. The molecule has 0 rings (SSSR count). The van der Waals surface area contributed by atoms with Crippen LogP contribution in [-0.2, 0) is 14.8 Å². The fraction of sp³-hybridized carbons (Fsp3) is 0.875. The maximum atomic E-state index is 11.2. The fourth-order valence-electron chi connectivity index (χ4n) is 0.959. The van der Waals surface area contributed by atoms with Gasteiger partial charge in [-0.15, -0.1) is 0 Å². The van der Waals surface area contributed by atoms with E-state index in [2.05, 4.69) is 4.72 Å². The van der Waals surface area contributed by atoms with Crippen molar-refractivity contribution < 1.29 is 13.2 Å². The van der Waals surface area contributed by atoms with E-state index in [0.717, 1.165) is 0 Å². The van der Waals surface area contributed by atoms with Crippen molar-refractivity contribution in [2.24, 2.45) is 5.92 Å². The number of rotatable bonds is 6. The third kappa shape index (κ3) is 5.57.